The SMILES string of the molecule is CCCC[C@H]1C(=O)N(C)[C@@H](CCCC)C(=O)N[C@@H](CCCNC(=N)N)C(=O)N[C@H](C(=O)NCC(N)=O)CSCC(=O)N[C@@H](Cc2ccc(O)cc2)C(=O)N(C)[C@@H](C)C(=O)N[C@H](CC(=O)O)C(=O)N2CCC[C@H]2C(=O)N[C@@H](Cc2cnc[nH]2)C(=O)N[C@@H](CCCCN)C(=O)N2C[C@H](O)C[C@H]2C(=O)N[C@@H](Cc2c[nH]c3ccccc23)C(=O)N[C@@H](CCCCN)C(=O)N[C@@H](Cc2cn(CC(=O)O)c3ccccc23)C(=O)N1C. The number of aliphatic hydroxyl groups is 1. The minimum Gasteiger partial charge on any atom is -0.508 e. The summed E-state index contributed by atoms with van der Waals surface area (Å²) in [6, 6.07) is -3.01. The number of aromatic hydroxyl groups is 1. The Morgan fingerprint density at radius 3 is 1.73 bits per heavy atom. The van der Waals surface area contributed by atoms with E-state index in [1.165, 1.54) is 75.6 Å². The van der Waals surface area contributed by atoms with Crippen LogP contribution in [0.5, 0.6) is 5.75 Å². The zero-order valence-corrected chi connectivity index (χ0v) is 82.6. The topological polar surface area (TPSA) is 714 Å². The maximum atomic E-state index is 16.2. The molecule has 0 radical (unpaired) electrons. The van der Waals surface area contributed by atoms with Crippen LogP contribution in [-0.2, 0) is 119 Å². The number of hydrogen-bond acceptors (Lipinski definition) is 25. The first kappa shape index (κ1) is 113. The Morgan fingerprint density at radius 1 is 0.535 bits per heavy atom. The second-order valence-electron chi connectivity index (χ2n) is 36.5. The molecular weight excluding hydrogens is 1890 g/mol. The molecule has 3 saturated heterocycles. The number of phenols is 1. The number of aliphatic carboxylic acids is 2. The molecule has 3 aromatic carbocycles. The third kappa shape index (κ3) is 32.4. The minimum absolute atomic E-state index is 0.00929. The summed E-state index contributed by atoms with van der Waals surface area (Å²) in [6.07, 6.45) is 3.48. The second-order valence-corrected chi connectivity index (χ2v) is 37.5. The number of hydrogen-bond donors (Lipinski definition) is 22. The number of primary amides is 1. The van der Waals surface area contributed by atoms with E-state index in [4.69, 9.17) is 28.3 Å². The largest absolute Gasteiger partial charge is 0.508 e. The highest BCUT2D eigenvalue weighted by atomic mass is 32.2. The second kappa shape index (κ2) is 55.4. The van der Waals surface area contributed by atoms with Gasteiger partial charge >= 0.3 is 11.9 Å². The van der Waals surface area contributed by atoms with E-state index in [9.17, 15) is 63.6 Å². The van der Waals surface area contributed by atoms with Gasteiger partial charge in [0.25, 0.3) is 0 Å². The lowest BCUT2D eigenvalue weighted by molar-refractivity contribution is -0.149. The van der Waals surface area contributed by atoms with Gasteiger partial charge in [-0.15, -0.1) is 11.8 Å². The number of aliphatic hydroxyl groups excluding tert-OH is 1. The number of carbonyl (C=O) groups is 18. The Balaban J connectivity index is 1.14. The van der Waals surface area contributed by atoms with E-state index in [2.05, 4.69) is 73.4 Å². The fraction of sp³-hybridized carbons (Fsp3) is 0.542. The van der Waals surface area contributed by atoms with Gasteiger partial charge in [0.15, 0.2) is 5.96 Å². The number of nitrogens with two attached hydrogens (primary N) is 4. The van der Waals surface area contributed by atoms with Gasteiger partial charge in [-0.05, 0) is 138 Å². The summed E-state index contributed by atoms with van der Waals surface area (Å²) in [5.41, 5.74) is 25.7. The maximum Gasteiger partial charge on any atom is 0.323 e. The molecule has 26 N–H and O–H groups in total. The van der Waals surface area contributed by atoms with E-state index in [0.29, 0.717) is 70.6 Å². The summed E-state index contributed by atoms with van der Waals surface area (Å²) >= 11 is 0.740. The fourth-order valence-corrected chi connectivity index (χ4v) is 18.7. The first-order valence-corrected chi connectivity index (χ1v) is 49.6. The Kier molecular flexibility index (Phi) is 43.6. The molecule has 784 valence electrons. The zero-order chi connectivity index (χ0) is 105. The first-order chi connectivity index (χ1) is 68.7. The summed E-state index contributed by atoms with van der Waals surface area (Å²) in [7, 11) is 3.84. The van der Waals surface area contributed by atoms with E-state index in [0.717, 1.165) is 36.3 Å². The van der Waals surface area contributed by atoms with Gasteiger partial charge in [0, 0.05) is 125 Å². The molecule has 9 rings (SSSR count). The number of fused-ring (bicyclic) bond motifs is 4. The Labute approximate surface area is 836 Å². The molecule has 47 nitrogen and oxygen atoms in total. The first-order valence-electron chi connectivity index (χ1n) is 48.5. The van der Waals surface area contributed by atoms with Crippen LogP contribution < -0.4 is 81.4 Å². The number of carboxylic acid groups (broad SMARTS) is 2. The van der Waals surface area contributed by atoms with Crippen molar-refractivity contribution in [3.63, 3.8) is 0 Å². The molecule has 3 aromatic heterocycles. The predicted octanol–water partition coefficient (Wildman–Crippen LogP) is -2.55. The average Bonchev–Trinajstić information content (AvgIpc) is 1.60. The van der Waals surface area contributed by atoms with Crippen LogP contribution in [0.1, 0.15) is 159 Å². The van der Waals surface area contributed by atoms with Crippen LogP contribution in [0.3, 0.4) is 0 Å². The van der Waals surface area contributed by atoms with Crippen molar-refractivity contribution in [3.8, 4) is 5.75 Å². The number of carboxylic acids is 2. The summed E-state index contributed by atoms with van der Waals surface area (Å²) in [5.74, 6) is -19.8. The monoisotopic (exact) mass is 2020 g/mol. The number of H-pyrrole nitrogens is 2. The normalized spacial score (nSPS) is 23.9. The number of likely N-dealkylation sites (N-methyl/N-ethyl adjacent to an activating group) is 3. The Morgan fingerprint density at radius 2 is 1.09 bits per heavy atom. The number of aromatic amines is 2. The van der Waals surface area contributed by atoms with Crippen molar-refractivity contribution in [3.05, 3.63) is 120 Å². The van der Waals surface area contributed by atoms with Crippen molar-refractivity contribution in [2.45, 2.75) is 259 Å². The molecular formula is C96H137N25O22S. The van der Waals surface area contributed by atoms with Gasteiger partial charge in [-0.3, -0.25) is 91.7 Å². The van der Waals surface area contributed by atoms with Crippen molar-refractivity contribution >= 4 is 146 Å². The highest BCUT2D eigenvalue weighted by Gasteiger charge is 2.47. The van der Waals surface area contributed by atoms with Crippen LogP contribution >= 0.6 is 11.8 Å². The Bertz CT molecular complexity index is 5510. The number of aromatic nitrogens is 4. The van der Waals surface area contributed by atoms with Gasteiger partial charge in [0.2, 0.25) is 94.5 Å². The summed E-state index contributed by atoms with van der Waals surface area (Å²) in [6.45, 7) is 3.13. The average molecular weight is 2030 g/mol. The molecule has 0 aliphatic carbocycles. The molecule has 16 amide bonds. The number of phenolic OH excluding ortho intramolecular Hbond substituents is 1. The van der Waals surface area contributed by atoms with E-state index in [1.807, 2.05) is 13.8 Å². The van der Waals surface area contributed by atoms with Crippen molar-refractivity contribution in [1.29, 1.82) is 5.41 Å². The van der Waals surface area contributed by atoms with Gasteiger partial charge in [-0.1, -0.05) is 88.1 Å². The summed E-state index contributed by atoms with van der Waals surface area (Å²) < 4.78 is 1.44. The van der Waals surface area contributed by atoms with E-state index >= 15 is 43.2 Å². The molecule has 3 fully saturated rings. The molecule has 0 saturated carbocycles. The van der Waals surface area contributed by atoms with Gasteiger partial charge < -0.3 is 141 Å². The molecule has 3 aliphatic rings. The predicted molar refractivity (Wildman–Crippen MR) is 529 cm³/mol. The van der Waals surface area contributed by atoms with Gasteiger partial charge in [0.05, 0.1) is 31.1 Å². The van der Waals surface area contributed by atoms with E-state index in [1.54, 1.807) is 54.7 Å². The lowest BCUT2D eigenvalue weighted by Gasteiger charge is -2.36. The molecule has 48 heteroatoms. The van der Waals surface area contributed by atoms with Crippen molar-refractivity contribution in [1.82, 2.24) is 103 Å². The van der Waals surface area contributed by atoms with Crippen molar-refractivity contribution in [2.24, 2.45) is 22.9 Å². The minimum atomic E-state index is -1.92. The van der Waals surface area contributed by atoms with Gasteiger partial charge in [0.1, 0.15) is 96.9 Å². The van der Waals surface area contributed by atoms with Crippen LogP contribution in [0.2, 0.25) is 0 Å². The third-order valence-electron chi connectivity index (χ3n) is 25.8. The van der Waals surface area contributed by atoms with Crippen LogP contribution in [0.15, 0.2) is 97.7 Å². The van der Waals surface area contributed by atoms with Crippen molar-refractivity contribution in [2.75, 3.05) is 71.9 Å². The number of unbranched alkanes of at least 4 members (excludes halogenated alkanes) is 4. The number of thioether (sulfide) groups is 1. The van der Waals surface area contributed by atoms with E-state index < -0.39 is 247 Å². The summed E-state index contributed by atoms with van der Waals surface area (Å²) in [4.78, 5) is 281. The zero-order valence-electron chi connectivity index (χ0n) is 81.8. The number of para-hydroxylation sites is 2. The van der Waals surface area contributed by atoms with E-state index in [-0.39, 0.29) is 134 Å². The molecule has 0 bridgehead atoms. The molecule has 15 atom stereocenters. The molecule has 0 unspecified atom stereocenters. The highest BCUT2D eigenvalue weighted by molar-refractivity contribution is 8.00. The number of nitrogens with one attached hydrogen (secondary N) is 14. The van der Waals surface area contributed by atoms with Crippen LogP contribution in [0, 0.1) is 5.41 Å². The van der Waals surface area contributed by atoms with Gasteiger partial charge in [-0.25, -0.2) is 4.98 Å². The lowest BCUT2D eigenvalue weighted by atomic mass is 9.99. The number of imidazole rings is 1. The number of rotatable bonds is 33. The quantitative estimate of drug-likeness (QED) is 0.0115. The maximum absolute atomic E-state index is 16.2. The number of amides is 16. The number of guanidine groups is 1. The van der Waals surface area contributed by atoms with Crippen LogP contribution in [0.4, 0.5) is 0 Å². The molecule has 144 heavy (non-hydrogen) atoms. The lowest BCUT2D eigenvalue weighted by Crippen LogP contribution is -2.61. The third-order valence-corrected chi connectivity index (χ3v) is 26.8. The number of carbonyl (C=O) groups excluding carboxylic acids is 16. The molecule has 6 aromatic rings. The highest BCUT2D eigenvalue weighted by Crippen LogP contribution is 2.29. The van der Waals surface area contributed by atoms with Crippen LogP contribution in [0.25, 0.3) is 21.8 Å². The Hall–Kier alpha value is -14.3. The molecule has 0 spiro atoms. The van der Waals surface area contributed by atoms with Crippen LogP contribution in [-0.4, -0.2) is 339 Å². The molecule has 3 aliphatic heterocycles. The standard InChI is InChI=1S/C96H137N25O22S/c1-7-9-27-74-88(136)109-65(26-19-37-103-96(100)101)85(133)115-72(83(131)105-47-78(99)124)51-144-52-79(125)107-69(39-55-31-33-59(122)34-32-55)91(139)116(4)54(3)82(130)113-71(44-80(126)127)94(142)120-38-20-30-75(120)89(137)112-68(42-58-46-102-53-106-58)87(135)110-66(25-16-18-36-98)93(141)121-49-60(123)43-77(121)90(138)111-67(40-56-45-104-63-23-13-11-21-61(56)63)86(134)108-64(24-15-17-35-97)84(132)114-70(92(140)118(6)76(28-10-8-2)95(143)117(74)5)41-57-48-119(50-81(128)129)73-29-14-12-22-62(57)73/h11-14,21-23,29,31-34,45-46,48,53-54,60,64-72,74-77,104,122-123H,7-10,15-20,24-28,30,35-44,47,49-52,97-98H2,1-6H3,(H2,99,124)(H,102,106)(H,105,131)(H,107,125)(H,108,134)(H,109,136)(H,110,135)(H,111,138)(H,112,137)(H,113,130)(H,114,132)(H,115,133)(H,126,127)(H,128,129)(H4,100,101,103)/t54-,60+,64-,65-,66-,67-,68-,69-,70-,71+,72-,74-,75-,76-,77-/m0/s1. The van der Waals surface area contributed by atoms with Crippen molar-refractivity contribution < 1.29 is 107 Å². The fourth-order valence-electron chi connectivity index (χ4n) is 17.8. The smallest absolute Gasteiger partial charge is 0.323 e. The number of benzene rings is 3. The van der Waals surface area contributed by atoms with Gasteiger partial charge in [-0.2, -0.15) is 0 Å². The number of nitrogens with zero attached hydrogens (tertiary/aromatic N) is 7. The summed E-state index contributed by atoms with van der Waals surface area (Å²) in [5, 5.41) is 80.7. The molecule has 6 heterocycles.